The molecule has 2 N–H and O–H groups in total. The molecule has 4 nitrogen and oxygen atoms in total. The first kappa shape index (κ1) is 18.3. The summed E-state index contributed by atoms with van der Waals surface area (Å²) >= 11 is 0. The summed E-state index contributed by atoms with van der Waals surface area (Å²) in [6.07, 6.45) is 6.06. The normalized spacial score (nSPS) is 19.3. The van der Waals surface area contributed by atoms with Crippen molar-refractivity contribution < 1.29 is 9.53 Å². The van der Waals surface area contributed by atoms with Gasteiger partial charge in [-0.15, -0.1) is 0 Å². The highest BCUT2D eigenvalue weighted by Gasteiger charge is 2.26. The fourth-order valence-corrected chi connectivity index (χ4v) is 2.77. The molecule has 0 aliphatic heterocycles. The van der Waals surface area contributed by atoms with Crippen molar-refractivity contribution in [2.45, 2.75) is 78.4 Å². The molecule has 1 saturated carbocycles. The van der Waals surface area contributed by atoms with Gasteiger partial charge in [0.15, 0.2) is 0 Å². The molecule has 0 aromatic rings. The molecule has 1 amide bonds. The van der Waals surface area contributed by atoms with E-state index >= 15 is 0 Å². The van der Waals surface area contributed by atoms with Gasteiger partial charge in [0.1, 0.15) is 5.60 Å². The lowest BCUT2D eigenvalue weighted by molar-refractivity contribution is 0.0518. The molecule has 0 spiro atoms. The molecule has 21 heavy (non-hydrogen) atoms. The Balaban J connectivity index is 2.42. The highest BCUT2D eigenvalue weighted by molar-refractivity contribution is 5.67. The predicted octanol–water partition coefficient (Wildman–Crippen LogP) is 3.71. The molecule has 4 heteroatoms. The number of amides is 1. The first-order chi connectivity index (χ1) is 9.81. The molecular formula is C17H34N2O2. The van der Waals surface area contributed by atoms with E-state index in [1.54, 1.807) is 0 Å². The number of ether oxygens (including phenoxy) is 1. The summed E-state index contributed by atoms with van der Waals surface area (Å²) in [4.78, 5) is 11.8. The summed E-state index contributed by atoms with van der Waals surface area (Å²) in [6.45, 7) is 11.8. The quantitative estimate of drug-likeness (QED) is 0.753. The van der Waals surface area contributed by atoms with Gasteiger partial charge in [-0.1, -0.05) is 33.1 Å². The van der Waals surface area contributed by atoms with E-state index in [1.807, 2.05) is 20.8 Å². The summed E-state index contributed by atoms with van der Waals surface area (Å²) in [5, 5.41) is 6.59. The van der Waals surface area contributed by atoms with Gasteiger partial charge < -0.3 is 15.4 Å². The van der Waals surface area contributed by atoms with Gasteiger partial charge >= 0.3 is 6.09 Å². The maximum Gasteiger partial charge on any atom is 0.407 e. The molecule has 0 saturated heterocycles. The van der Waals surface area contributed by atoms with Gasteiger partial charge in [-0.05, 0) is 52.0 Å². The van der Waals surface area contributed by atoms with Crippen LogP contribution in [0.25, 0.3) is 0 Å². The third-order valence-electron chi connectivity index (χ3n) is 4.26. The SMILES string of the molecule is CCC(C)CNC(CNC(=O)OC(C)(C)C)C1CCCC1. The average molecular weight is 298 g/mol. The van der Waals surface area contributed by atoms with Crippen LogP contribution in [-0.2, 0) is 4.74 Å². The number of nitrogens with one attached hydrogen (secondary N) is 2. The van der Waals surface area contributed by atoms with Crippen LogP contribution < -0.4 is 10.6 Å². The lowest BCUT2D eigenvalue weighted by atomic mass is 9.97. The Labute approximate surface area is 130 Å². The van der Waals surface area contributed by atoms with Crippen LogP contribution in [0.5, 0.6) is 0 Å². The molecule has 0 radical (unpaired) electrons. The highest BCUT2D eigenvalue weighted by Crippen LogP contribution is 2.27. The second-order valence-electron chi connectivity index (χ2n) is 7.46. The molecule has 1 aliphatic carbocycles. The van der Waals surface area contributed by atoms with Crippen LogP contribution in [-0.4, -0.2) is 30.8 Å². The summed E-state index contributed by atoms with van der Waals surface area (Å²) in [7, 11) is 0. The van der Waals surface area contributed by atoms with E-state index in [1.165, 1.54) is 32.1 Å². The lowest BCUT2D eigenvalue weighted by Gasteiger charge is -2.27. The van der Waals surface area contributed by atoms with Crippen LogP contribution in [0.15, 0.2) is 0 Å². The number of hydrogen-bond donors (Lipinski definition) is 2. The van der Waals surface area contributed by atoms with Gasteiger partial charge in [0, 0.05) is 12.6 Å². The molecule has 2 unspecified atom stereocenters. The van der Waals surface area contributed by atoms with Crippen molar-refractivity contribution in [2.75, 3.05) is 13.1 Å². The molecule has 0 bridgehead atoms. The number of rotatable bonds is 7. The van der Waals surface area contributed by atoms with Crippen LogP contribution in [0.1, 0.15) is 66.7 Å². The van der Waals surface area contributed by atoms with E-state index in [4.69, 9.17) is 4.74 Å². The molecule has 1 fully saturated rings. The fraction of sp³-hybridized carbons (Fsp3) is 0.941. The largest absolute Gasteiger partial charge is 0.444 e. The van der Waals surface area contributed by atoms with Gasteiger partial charge in [0.2, 0.25) is 0 Å². The third-order valence-corrected chi connectivity index (χ3v) is 4.26. The smallest absolute Gasteiger partial charge is 0.407 e. The van der Waals surface area contributed by atoms with E-state index in [-0.39, 0.29) is 6.09 Å². The van der Waals surface area contributed by atoms with Crippen molar-refractivity contribution in [1.29, 1.82) is 0 Å². The van der Waals surface area contributed by atoms with E-state index in [0.29, 0.717) is 24.4 Å². The average Bonchev–Trinajstić information content (AvgIpc) is 2.90. The topological polar surface area (TPSA) is 50.4 Å². The molecule has 2 atom stereocenters. The minimum Gasteiger partial charge on any atom is -0.444 e. The molecule has 1 rings (SSSR count). The number of alkyl carbamates (subject to hydrolysis) is 1. The van der Waals surface area contributed by atoms with E-state index in [0.717, 1.165) is 6.54 Å². The monoisotopic (exact) mass is 298 g/mol. The van der Waals surface area contributed by atoms with Gasteiger partial charge in [0.05, 0.1) is 0 Å². The Kier molecular flexibility index (Phi) is 7.50. The maximum atomic E-state index is 11.8. The van der Waals surface area contributed by atoms with Crippen molar-refractivity contribution in [3.05, 3.63) is 0 Å². The maximum absolute atomic E-state index is 11.8. The van der Waals surface area contributed by atoms with Gasteiger partial charge in [0.25, 0.3) is 0 Å². The van der Waals surface area contributed by atoms with Gasteiger partial charge in [-0.2, -0.15) is 0 Å². The molecule has 0 aromatic carbocycles. The zero-order valence-electron chi connectivity index (χ0n) is 14.5. The molecule has 0 heterocycles. The van der Waals surface area contributed by atoms with E-state index in [9.17, 15) is 4.79 Å². The number of carbonyl (C=O) groups is 1. The number of carbonyl (C=O) groups excluding carboxylic acids is 1. The summed E-state index contributed by atoms with van der Waals surface area (Å²) in [6, 6.07) is 0.369. The minimum absolute atomic E-state index is 0.309. The molecule has 0 aromatic heterocycles. The first-order valence-electron chi connectivity index (χ1n) is 8.52. The zero-order chi connectivity index (χ0) is 15.9. The van der Waals surface area contributed by atoms with Crippen molar-refractivity contribution >= 4 is 6.09 Å². The highest BCUT2D eigenvalue weighted by atomic mass is 16.6. The Morgan fingerprint density at radius 2 is 1.86 bits per heavy atom. The molecule has 1 aliphatic rings. The second kappa shape index (κ2) is 8.62. The van der Waals surface area contributed by atoms with E-state index < -0.39 is 5.60 Å². The van der Waals surface area contributed by atoms with Crippen LogP contribution in [0.4, 0.5) is 4.79 Å². The Morgan fingerprint density at radius 1 is 1.24 bits per heavy atom. The summed E-state index contributed by atoms with van der Waals surface area (Å²) in [5.74, 6) is 1.36. The summed E-state index contributed by atoms with van der Waals surface area (Å²) < 4.78 is 5.32. The predicted molar refractivity (Wildman–Crippen MR) is 87.4 cm³/mol. The first-order valence-corrected chi connectivity index (χ1v) is 8.52. The number of hydrogen-bond acceptors (Lipinski definition) is 3. The van der Waals surface area contributed by atoms with Crippen molar-refractivity contribution in [1.82, 2.24) is 10.6 Å². The van der Waals surface area contributed by atoms with Crippen molar-refractivity contribution in [2.24, 2.45) is 11.8 Å². The minimum atomic E-state index is -0.433. The van der Waals surface area contributed by atoms with Crippen molar-refractivity contribution in [3.63, 3.8) is 0 Å². The second-order valence-corrected chi connectivity index (χ2v) is 7.46. The Morgan fingerprint density at radius 3 is 2.38 bits per heavy atom. The standard InChI is InChI=1S/C17H34N2O2/c1-6-13(2)11-18-15(14-9-7-8-10-14)12-19-16(20)21-17(3,4)5/h13-15,18H,6-12H2,1-5H3,(H,19,20). The Hall–Kier alpha value is -0.770. The molecule has 124 valence electrons. The zero-order valence-corrected chi connectivity index (χ0v) is 14.5. The van der Waals surface area contributed by atoms with Crippen LogP contribution in [0.2, 0.25) is 0 Å². The van der Waals surface area contributed by atoms with Crippen LogP contribution in [0.3, 0.4) is 0 Å². The van der Waals surface area contributed by atoms with Gasteiger partial charge in [-0.25, -0.2) is 4.79 Å². The lowest BCUT2D eigenvalue weighted by Crippen LogP contribution is -2.47. The van der Waals surface area contributed by atoms with Gasteiger partial charge in [-0.3, -0.25) is 0 Å². The van der Waals surface area contributed by atoms with Crippen LogP contribution in [0, 0.1) is 11.8 Å². The fourth-order valence-electron chi connectivity index (χ4n) is 2.77. The summed E-state index contributed by atoms with van der Waals surface area (Å²) in [5.41, 5.74) is -0.433. The van der Waals surface area contributed by atoms with Crippen molar-refractivity contribution in [3.8, 4) is 0 Å². The molecular weight excluding hydrogens is 264 g/mol. The van der Waals surface area contributed by atoms with E-state index in [2.05, 4.69) is 24.5 Å². The van der Waals surface area contributed by atoms with Crippen LogP contribution >= 0.6 is 0 Å². The third kappa shape index (κ3) is 7.70. The Bertz CT molecular complexity index is 306.